The van der Waals surface area contributed by atoms with Crippen LogP contribution in [0.4, 0.5) is 10.5 Å². The summed E-state index contributed by atoms with van der Waals surface area (Å²) in [7, 11) is 1.74. The van der Waals surface area contributed by atoms with Crippen molar-refractivity contribution in [2.24, 2.45) is 12.5 Å². The van der Waals surface area contributed by atoms with Crippen LogP contribution in [0, 0.1) is 16.7 Å². The molecule has 0 atom stereocenters. The van der Waals surface area contributed by atoms with Crippen molar-refractivity contribution < 1.29 is 9.53 Å². The van der Waals surface area contributed by atoms with Gasteiger partial charge in [-0.1, -0.05) is 45.0 Å². The van der Waals surface area contributed by atoms with Gasteiger partial charge in [-0.25, -0.2) is 14.6 Å². The average molecular weight is 551 g/mol. The van der Waals surface area contributed by atoms with Crippen LogP contribution in [0.25, 0.3) is 22.4 Å². The van der Waals surface area contributed by atoms with Crippen molar-refractivity contribution in [3.8, 4) is 17.3 Å². The predicted octanol–water partition coefficient (Wildman–Crippen LogP) is 5.37. The largest absolute Gasteiger partial charge is 0.438 e. The fraction of sp³-hybridized carbons (Fsp3) is 0.375. The van der Waals surface area contributed by atoms with Crippen LogP contribution in [0.2, 0.25) is 0 Å². The zero-order valence-corrected chi connectivity index (χ0v) is 23.9. The predicted molar refractivity (Wildman–Crippen MR) is 157 cm³/mol. The van der Waals surface area contributed by atoms with Crippen molar-refractivity contribution in [3.05, 3.63) is 81.8 Å². The number of hydrogen-bond acceptors (Lipinski definition) is 6. The number of nitrogens with zero attached hydrogens (tertiary/aromatic N) is 5. The van der Waals surface area contributed by atoms with Crippen LogP contribution < -0.4 is 11.0 Å². The number of ether oxygens (including phenoxy) is 1. The van der Waals surface area contributed by atoms with Gasteiger partial charge in [-0.05, 0) is 41.3 Å². The molecule has 1 amide bonds. The molecule has 2 aromatic heterocycles. The number of para-hydroxylation sites is 1. The van der Waals surface area contributed by atoms with Crippen LogP contribution in [-0.4, -0.2) is 38.2 Å². The first-order valence-corrected chi connectivity index (χ1v) is 14.0. The fourth-order valence-corrected chi connectivity index (χ4v) is 6.11. The molecule has 0 unspecified atom stereocenters. The number of carbonyl (C=O) groups excluding carboxylic acids is 1. The Balaban J connectivity index is 1.26. The first kappa shape index (κ1) is 26.8. The lowest BCUT2D eigenvalue weighted by molar-refractivity contribution is -0.0393. The molecule has 1 spiro atoms. The van der Waals surface area contributed by atoms with E-state index in [0.717, 1.165) is 41.0 Å². The van der Waals surface area contributed by atoms with Gasteiger partial charge in [-0.15, -0.1) is 0 Å². The van der Waals surface area contributed by atoms with Gasteiger partial charge in [-0.3, -0.25) is 19.4 Å². The summed E-state index contributed by atoms with van der Waals surface area (Å²) in [5.74, 6) is 0. The number of piperidine rings is 1. The van der Waals surface area contributed by atoms with E-state index in [1.807, 2.05) is 54.6 Å². The van der Waals surface area contributed by atoms with E-state index < -0.39 is 11.7 Å². The molecule has 4 aromatic rings. The Morgan fingerprint density at radius 2 is 1.83 bits per heavy atom. The number of fused-ring (bicyclic) bond motifs is 3. The second-order valence-corrected chi connectivity index (χ2v) is 12.3. The maximum absolute atomic E-state index is 13.0. The third-order valence-corrected chi connectivity index (χ3v) is 8.11. The molecule has 41 heavy (non-hydrogen) atoms. The number of hydrogen-bond donors (Lipinski definition) is 1. The quantitative estimate of drug-likeness (QED) is 0.366. The number of amides is 1. The molecule has 9 nitrogen and oxygen atoms in total. The zero-order valence-electron chi connectivity index (χ0n) is 23.9. The minimum atomic E-state index is -0.607. The second kappa shape index (κ2) is 9.89. The smallest absolute Gasteiger partial charge is 0.412 e. The van der Waals surface area contributed by atoms with Crippen LogP contribution in [0.1, 0.15) is 50.3 Å². The Kier molecular flexibility index (Phi) is 6.46. The lowest BCUT2D eigenvalue weighted by Crippen LogP contribution is -2.48. The van der Waals surface area contributed by atoms with E-state index in [2.05, 4.69) is 37.1 Å². The molecule has 1 saturated heterocycles. The van der Waals surface area contributed by atoms with Crippen molar-refractivity contribution in [2.75, 3.05) is 18.4 Å². The molecule has 1 N–H and O–H groups in total. The van der Waals surface area contributed by atoms with Gasteiger partial charge in [0, 0.05) is 57.2 Å². The normalized spacial score (nSPS) is 16.7. The van der Waals surface area contributed by atoms with E-state index >= 15 is 0 Å². The third-order valence-electron chi connectivity index (χ3n) is 8.11. The molecule has 0 radical (unpaired) electrons. The fourth-order valence-electron chi connectivity index (χ4n) is 6.11. The number of likely N-dealkylation sites (tertiary alicyclic amines) is 1. The molecule has 2 aliphatic heterocycles. The molecule has 1 fully saturated rings. The molecule has 0 bridgehead atoms. The average Bonchev–Trinajstić information content (AvgIpc) is 3.17. The highest BCUT2D eigenvalue weighted by molar-refractivity contribution is 5.88. The summed E-state index contributed by atoms with van der Waals surface area (Å²) in [6.45, 7) is 9.13. The Morgan fingerprint density at radius 1 is 1.07 bits per heavy atom. The van der Waals surface area contributed by atoms with Crippen molar-refractivity contribution >= 4 is 22.9 Å². The Morgan fingerprint density at radius 3 is 2.56 bits per heavy atom. The summed E-state index contributed by atoms with van der Waals surface area (Å²) in [6, 6.07) is 19.9. The van der Waals surface area contributed by atoms with Crippen LogP contribution >= 0.6 is 0 Å². The van der Waals surface area contributed by atoms with Crippen LogP contribution in [0.15, 0.2) is 59.4 Å². The van der Waals surface area contributed by atoms with Gasteiger partial charge < -0.3 is 4.74 Å². The minimum Gasteiger partial charge on any atom is -0.438 e. The van der Waals surface area contributed by atoms with Gasteiger partial charge in [-0.2, -0.15) is 5.26 Å². The highest BCUT2D eigenvalue weighted by Gasteiger charge is 2.44. The number of imidazole rings is 1. The third kappa shape index (κ3) is 4.89. The first-order chi connectivity index (χ1) is 19.6. The number of pyridine rings is 1. The summed E-state index contributed by atoms with van der Waals surface area (Å²) in [6.07, 6.45) is 1.01. The van der Waals surface area contributed by atoms with Crippen molar-refractivity contribution in [1.29, 1.82) is 5.26 Å². The Hall–Kier alpha value is -4.42. The molecule has 2 aromatic carbocycles. The van der Waals surface area contributed by atoms with Gasteiger partial charge in [0.2, 0.25) is 0 Å². The van der Waals surface area contributed by atoms with Crippen molar-refractivity contribution in [2.45, 2.75) is 52.3 Å². The van der Waals surface area contributed by atoms with Gasteiger partial charge in [0.05, 0.1) is 28.5 Å². The monoisotopic (exact) mass is 550 g/mol. The van der Waals surface area contributed by atoms with Gasteiger partial charge >= 0.3 is 11.8 Å². The standard InChI is InChI=1S/C32H34N6O3/c1-31(2,3)20-38-27-12-11-25(34-28(27)36(4)30(38)40)23-17-21(9-10-22(23)18-33)19-37-15-13-32(14-16-37)24-7-5-6-8-26(24)35-29(39)41-32/h5-12,17H,13-16,19-20H2,1-4H3,(H,35,39). The Bertz CT molecular complexity index is 1760. The lowest BCUT2D eigenvalue weighted by Gasteiger charge is -2.44. The zero-order chi connectivity index (χ0) is 28.9. The van der Waals surface area contributed by atoms with Crippen LogP contribution in [0.3, 0.4) is 0 Å². The maximum atomic E-state index is 13.0. The number of nitriles is 1. The highest BCUT2D eigenvalue weighted by atomic mass is 16.6. The number of nitrogens with one attached hydrogen (secondary N) is 1. The number of benzene rings is 2. The van der Waals surface area contributed by atoms with Gasteiger partial charge in [0.25, 0.3) is 0 Å². The number of aromatic nitrogens is 3. The summed E-state index contributed by atoms with van der Waals surface area (Å²) in [5, 5.41) is 12.7. The molecule has 210 valence electrons. The van der Waals surface area contributed by atoms with E-state index in [1.165, 1.54) is 0 Å². The van der Waals surface area contributed by atoms with E-state index in [-0.39, 0.29) is 11.1 Å². The number of anilines is 1. The molecule has 9 heteroatoms. The maximum Gasteiger partial charge on any atom is 0.412 e. The second-order valence-electron chi connectivity index (χ2n) is 12.3. The SMILES string of the molecule is Cn1c(=O)n(CC(C)(C)C)c2ccc(-c3cc(CN4CCC5(CC4)OC(=O)Nc4ccccc45)ccc3C#N)nc21. The lowest BCUT2D eigenvalue weighted by atomic mass is 9.82. The highest BCUT2D eigenvalue weighted by Crippen LogP contribution is 2.43. The van der Waals surface area contributed by atoms with E-state index in [9.17, 15) is 14.9 Å². The summed E-state index contributed by atoms with van der Waals surface area (Å²) in [4.78, 5) is 32.5. The number of carbonyl (C=O) groups is 1. The molecule has 2 aliphatic rings. The molecular weight excluding hydrogens is 516 g/mol. The van der Waals surface area contributed by atoms with Gasteiger partial charge in [0.15, 0.2) is 5.65 Å². The number of rotatable bonds is 4. The van der Waals surface area contributed by atoms with E-state index in [0.29, 0.717) is 42.8 Å². The van der Waals surface area contributed by atoms with Crippen molar-refractivity contribution in [3.63, 3.8) is 0 Å². The minimum absolute atomic E-state index is 0.0634. The molecule has 0 aliphatic carbocycles. The Labute approximate surface area is 239 Å². The van der Waals surface area contributed by atoms with E-state index in [4.69, 9.17) is 9.72 Å². The number of aryl methyl sites for hydroxylation is 1. The summed E-state index contributed by atoms with van der Waals surface area (Å²) in [5.41, 5.74) is 5.49. The first-order valence-electron chi connectivity index (χ1n) is 14.0. The molecule has 0 saturated carbocycles. The summed E-state index contributed by atoms with van der Waals surface area (Å²) >= 11 is 0. The molecule has 6 rings (SSSR count). The van der Waals surface area contributed by atoms with Crippen LogP contribution in [-0.2, 0) is 30.5 Å². The van der Waals surface area contributed by atoms with Gasteiger partial charge in [0.1, 0.15) is 5.60 Å². The topological polar surface area (TPSA) is 105 Å². The van der Waals surface area contributed by atoms with Crippen LogP contribution in [0.5, 0.6) is 0 Å². The van der Waals surface area contributed by atoms with Crippen molar-refractivity contribution in [1.82, 2.24) is 19.0 Å². The molecule has 4 heterocycles. The summed E-state index contributed by atoms with van der Waals surface area (Å²) < 4.78 is 9.23. The molecular formula is C32H34N6O3. The van der Waals surface area contributed by atoms with E-state index in [1.54, 1.807) is 16.2 Å².